The summed E-state index contributed by atoms with van der Waals surface area (Å²) in [5, 5.41) is 0. The minimum absolute atomic E-state index is 0.226. The molecule has 0 N–H and O–H groups in total. The SMILES string of the molecule is CCc1cc2cc(C(=O)OC)c(C(=O)OC)c-2ccc1-c1ccccc1. The Labute approximate surface area is 152 Å². The third kappa shape index (κ3) is 3.06. The summed E-state index contributed by atoms with van der Waals surface area (Å²) in [4.78, 5) is 24.4. The van der Waals surface area contributed by atoms with E-state index in [4.69, 9.17) is 9.47 Å². The number of rotatable bonds is 4. The van der Waals surface area contributed by atoms with Crippen molar-refractivity contribution >= 4 is 11.9 Å². The second kappa shape index (κ2) is 7.40. The van der Waals surface area contributed by atoms with Crippen molar-refractivity contribution in [2.75, 3.05) is 14.2 Å². The highest BCUT2D eigenvalue weighted by Gasteiger charge is 2.27. The van der Waals surface area contributed by atoms with E-state index in [0.29, 0.717) is 5.56 Å². The number of carbonyl (C=O) groups is 2. The van der Waals surface area contributed by atoms with Crippen molar-refractivity contribution < 1.29 is 19.1 Å². The molecule has 2 aliphatic rings. The fraction of sp³-hybridized carbons (Fsp3) is 0.182. The van der Waals surface area contributed by atoms with Crippen LogP contribution in [0, 0.1) is 0 Å². The van der Waals surface area contributed by atoms with E-state index in [2.05, 4.69) is 19.1 Å². The molecular formula is C22H20O4. The summed E-state index contributed by atoms with van der Waals surface area (Å²) in [5.74, 6) is -1.10. The van der Waals surface area contributed by atoms with Gasteiger partial charge in [0.1, 0.15) is 0 Å². The number of ether oxygens (including phenoxy) is 2. The second-order valence-electron chi connectivity index (χ2n) is 5.92. The zero-order valence-corrected chi connectivity index (χ0v) is 15.0. The molecule has 26 heavy (non-hydrogen) atoms. The third-order valence-electron chi connectivity index (χ3n) is 4.50. The van der Waals surface area contributed by atoms with Crippen molar-refractivity contribution in [2.24, 2.45) is 0 Å². The molecule has 1 aromatic rings. The number of aryl methyl sites for hydroxylation is 1. The van der Waals surface area contributed by atoms with Gasteiger partial charge in [-0.15, -0.1) is 0 Å². The molecule has 1 aromatic carbocycles. The Bertz CT molecular complexity index is 928. The van der Waals surface area contributed by atoms with Crippen LogP contribution in [-0.2, 0) is 15.9 Å². The van der Waals surface area contributed by atoms with E-state index in [1.165, 1.54) is 14.2 Å². The molecule has 0 fully saturated rings. The summed E-state index contributed by atoms with van der Waals surface area (Å²) < 4.78 is 9.72. The van der Waals surface area contributed by atoms with Crippen LogP contribution >= 0.6 is 0 Å². The maximum Gasteiger partial charge on any atom is 0.339 e. The van der Waals surface area contributed by atoms with Gasteiger partial charge in [0.2, 0.25) is 0 Å². The van der Waals surface area contributed by atoms with Crippen LogP contribution in [0.25, 0.3) is 22.3 Å². The lowest BCUT2D eigenvalue weighted by molar-refractivity contribution is 0.0557. The molecular weight excluding hydrogens is 328 g/mol. The zero-order valence-electron chi connectivity index (χ0n) is 15.0. The van der Waals surface area contributed by atoms with Gasteiger partial charge in [0.15, 0.2) is 0 Å². The summed E-state index contributed by atoms with van der Waals surface area (Å²) in [6.45, 7) is 2.08. The molecule has 0 saturated heterocycles. The van der Waals surface area contributed by atoms with Gasteiger partial charge in [0.25, 0.3) is 0 Å². The lowest BCUT2D eigenvalue weighted by Crippen LogP contribution is -2.09. The van der Waals surface area contributed by atoms with Crippen molar-refractivity contribution in [1.82, 2.24) is 0 Å². The Kier molecular flexibility index (Phi) is 5.03. The van der Waals surface area contributed by atoms with Gasteiger partial charge in [-0.3, -0.25) is 0 Å². The predicted octanol–water partition coefficient (Wildman–Crippen LogP) is 4.59. The number of hydrogen-bond donors (Lipinski definition) is 0. The molecule has 0 aromatic heterocycles. The number of benzene rings is 1. The highest BCUT2D eigenvalue weighted by molar-refractivity contribution is 6.10. The maximum atomic E-state index is 12.3. The van der Waals surface area contributed by atoms with E-state index in [1.807, 2.05) is 36.4 Å². The van der Waals surface area contributed by atoms with Gasteiger partial charge < -0.3 is 9.47 Å². The van der Waals surface area contributed by atoms with Crippen LogP contribution in [0.1, 0.15) is 33.2 Å². The van der Waals surface area contributed by atoms with E-state index >= 15 is 0 Å². The quantitative estimate of drug-likeness (QED) is 0.647. The average molecular weight is 348 g/mol. The minimum Gasteiger partial charge on any atom is -0.465 e. The molecule has 0 spiro atoms. The smallest absolute Gasteiger partial charge is 0.339 e. The van der Waals surface area contributed by atoms with Gasteiger partial charge >= 0.3 is 11.9 Å². The number of fused-ring (bicyclic) bond motifs is 1. The minimum atomic E-state index is -0.550. The first-order valence-electron chi connectivity index (χ1n) is 8.42. The molecule has 0 bridgehead atoms. The molecule has 3 rings (SSSR count). The Hall–Kier alpha value is -3.14. The highest BCUT2D eigenvalue weighted by Crippen LogP contribution is 2.36. The van der Waals surface area contributed by atoms with Crippen LogP contribution in [-0.4, -0.2) is 26.2 Å². The molecule has 0 radical (unpaired) electrons. The van der Waals surface area contributed by atoms with Gasteiger partial charge in [-0.05, 0) is 40.3 Å². The van der Waals surface area contributed by atoms with E-state index in [1.54, 1.807) is 6.07 Å². The first kappa shape index (κ1) is 17.7. The molecule has 132 valence electrons. The lowest BCUT2D eigenvalue weighted by Gasteiger charge is -2.04. The molecule has 0 saturated carbocycles. The van der Waals surface area contributed by atoms with Crippen molar-refractivity contribution in [3.05, 3.63) is 71.3 Å². The summed E-state index contributed by atoms with van der Waals surface area (Å²) in [6.07, 6.45) is 0.820. The number of carbonyl (C=O) groups excluding carboxylic acids is 2. The summed E-state index contributed by atoms with van der Waals surface area (Å²) in [7, 11) is 2.60. The van der Waals surface area contributed by atoms with E-state index in [-0.39, 0.29) is 11.1 Å². The second-order valence-corrected chi connectivity index (χ2v) is 5.92. The first-order chi connectivity index (χ1) is 12.6. The molecule has 4 nitrogen and oxygen atoms in total. The fourth-order valence-corrected chi connectivity index (χ4v) is 3.22. The third-order valence-corrected chi connectivity index (χ3v) is 4.50. The van der Waals surface area contributed by atoms with Crippen molar-refractivity contribution in [1.29, 1.82) is 0 Å². The normalized spacial score (nSPS) is 10.6. The van der Waals surface area contributed by atoms with Crippen molar-refractivity contribution in [3.8, 4) is 22.3 Å². The van der Waals surface area contributed by atoms with Crippen molar-refractivity contribution in [3.63, 3.8) is 0 Å². The molecule has 0 aliphatic heterocycles. The summed E-state index contributed by atoms with van der Waals surface area (Å²) in [6, 6.07) is 17.7. The molecule has 0 amide bonds. The van der Waals surface area contributed by atoms with Crippen LogP contribution in [0.5, 0.6) is 0 Å². The number of hydrogen-bond acceptors (Lipinski definition) is 4. The highest BCUT2D eigenvalue weighted by atomic mass is 16.5. The van der Waals surface area contributed by atoms with Gasteiger partial charge in [-0.2, -0.15) is 0 Å². The van der Waals surface area contributed by atoms with Crippen LogP contribution < -0.4 is 0 Å². The van der Waals surface area contributed by atoms with Gasteiger partial charge in [0, 0.05) is 0 Å². The van der Waals surface area contributed by atoms with E-state index in [9.17, 15) is 9.59 Å². The van der Waals surface area contributed by atoms with Crippen LogP contribution in [0.3, 0.4) is 0 Å². The Morgan fingerprint density at radius 3 is 2.08 bits per heavy atom. The van der Waals surface area contributed by atoms with Crippen LogP contribution in [0.15, 0.2) is 54.6 Å². The van der Waals surface area contributed by atoms with Crippen LogP contribution in [0.4, 0.5) is 0 Å². The molecule has 0 heterocycles. The first-order valence-corrected chi connectivity index (χ1v) is 8.42. The summed E-state index contributed by atoms with van der Waals surface area (Å²) >= 11 is 0. The Balaban J connectivity index is 2.30. The zero-order chi connectivity index (χ0) is 18.7. The van der Waals surface area contributed by atoms with Gasteiger partial charge in [-0.25, -0.2) is 9.59 Å². The monoisotopic (exact) mass is 348 g/mol. The fourth-order valence-electron chi connectivity index (χ4n) is 3.22. The number of esters is 2. The predicted molar refractivity (Wildman–Crippen MR) is 101 cm³/mol. The molecule has 4 heteroatoms. The number of methoxy groups -OCH3 is 2. The Morgan fingerprint density at radius 2 is 1.46 bits per heavy atom. The maximum absolute atomic E-state index is 12.3. The average Bonchev–Trinajstić information content (AvgIpc) is 2.94. The van der Waals surface area contributed by atoms with E-state index < -0.39 is 11.9 Å². The van der Waals surface area contributed by atoms with Gasteiger partial charge in [0.05, 0.1) is 25.3 Å². The van der Waals surface area contributed by atoms with Crippen LogP contribution in [0.2, 0.25) is 0 Å². The van der Waals surface area contributed by atoms with E-state index in [0.717, 1.165) is 28.7 Å². The largest absolute Gasteiger partial charge is 0.465 e. The van der Waals surface area contributed by atoms with Gasteiger partial charge in [-0.1, -0.05) is 55.5 Å². The lowest BCUT2D eigenvalue weighted by atomic mass is 10.0. The topological polar surface area (TPSA) is 52.6 Å². The summed E-state index contributed by atoms with van der Waals surface area (Å²) in [5.41, 5.74) is 5.29. The molecule has 0 atom stereocenters. The van der Waals surface area contributed by atoms with Crippen molar-refractivity contribution in [2.45, 2.75) is 13.3 Å². The molecule has 0 unspecified atom stereocenters. The standard InChI is InChI=1S/C22H20O4/c1-4-14-12-16-13-19(21(23)25-2)20(22(24)26-3)18(16)11-10-17(14)15-8-6-5-7-9-15/h5-13H,4H2,1-3H3. The molecule has 2 aliphatic carbocycles. The Morgan fingerprint density at radius 1 is 0.808 bits per heavy atom.